The van der Waals surface area contributed by atoms with Gasteiger partial charge in [0.25, 0.3) is 5.91 Å². The summed E-state index contributed by atoms with van der Waals surface area (Å²) < 4.78 is 7.51. The van der Waals surface area contributed by atoms with Crippen molar-refractivity contribution in [2.24, 2.45) is 0 Å². The Morgan fingerprint density at radius 3 is 2.52 bits per heavy atom. The van der Waals surface area contributed by atoms with Crippen LogP contribution in [0.1, 0.15) is 47.4 Å². The van der Waals surface area contributed by atoms with Crippen molar-refractivity contribution in [3.63, 3.8) is 0 Å². The van der Waals surface area contributed by atoms with E-state index in [0.717, 1.165) is 18.4 Å². The average Bonchev–Trinajstić information content (AvgIpc) is 3.08. The number of hydrogen-bond donors (Lipinski definition) is 1. The Balaban J connectivity index is 1.52. The monoisotopic (exact) mass is 371 g/mol. The summed E-state index contributed by atoms with van der Waals surface area (Å²) >= 11 is 0. The molecular weight excluding hydrogens is 346 g/mol. The number of likely N-dealkylation sites (tertiary alicyclic amines) is 1. The number of amides is 1. The van der Waals surface area contributed by atoms with Crippen molar-refractivity contribution in [1.82, 2.24) is 14.7 Å². The predicted molar refractivity (Wildman–Crippen MR) is 99.5 cm³/mol. The lowest BCUT2D eigenvalue weighted by Gasteiger charge is -2.34. The Hall–Kier alpha value is -2.67. The third-order valence-corrected chi connectivity index (χ3v) is 5.09. The van der Waals surface area contributed by atoms with E-state index in [1.807, 2.05) is 35.2 Å². The summed E-state index contributed by atoms with van der Waals surface area (Å²) in [5.41, 5.74) is 1.93. The second kappa shape index (κ2) is 8.35. The molecule has 144 valence electrons. The summed E-state index contributed by atoms with van der Waals surface area (Å²) in [5.74, 6) is -0.969. The highest BCUT2D eigenvalue weighted by molar-refractivity contribution is 5.88. The summed E-state index contributed by atoms with van der Waals surface area (Å²) in [6.07, 6.45) is 2.40. The highest BCUT2D eigenvalue weighted by atomic mass is 16.5. The highest BCUT2D eigenvalue weighted by Gasteiger charge is 2.28. The summed E-state index contributed by atoms with van der Waals surface area (Å²) in [4.78, 5) is 25.6. The Labute approximate surface area is 158 Å². The lowest BCUT2D eigenvalue weighted by Crippen LogP contribution is -2.44. The van der Waals surface area contributed by atoms with Gasteiger partial charge in [-0.2, -0.15) is 5.10 Å². The zero-order valence-corrected chi connectivity index (χ0v) is 15.7. The van der Waals surface area contributed by atoms with Crippen LogP contribution in [0.15, 0.2) is 36.5 Å². The molecule has 0 aliphatic carbocycles. The minimum atomic E-state index is -0.962. The maximum Gasteiger partial charge on any atom is 0.339 e. The molecule has 0 bridgehead atoms. The van der Waals surface area contributed by atoms with Gasteiger partial charge in [-0.05, 0) is 32.3 Å². The maximum atomic E-state index is 12.6. The van der Waals surface area contributed by atoms with E-state index in [1.165, 1.54) is 6.20 Å². The first kappa shape index (κ1) is 19.1. The predicted octanol–water partition coefficient (Wildman–Crippen LogP) is 2.66. The topological polar surface area (TPSA) is 84.7 Å². The van der Waals surface area contributed by atoms with Crippen molar-refractivity contribution >= 4 is 11.9 Å². The van der Waals surface area contributed by atoms with Gasteiger partial charge in [0, 0.05) is 13.1 Å². The lowest BCUT2D eigenvalue weighted by molar-refractivity contribution is -0.144. The van der Waals surface area contributed by atoms with Crippen LogP contribution in [0.25, 0.3) is 0 Å². The maximum absolute atomic E-state index is 12.6. The molecule has 1 unspecified atom stereocenters. The van der Waals surface area contributed by atoms with Crippen LogP contribution in [0.5, 0.6) is 0 Å². The fourth-order valence-electron chi connectivity index (χ4n) is 3.46. The van der Waals surface area contributed by atoms with Gasteiger partial charge in [-0.1, -0.05) is 30.3 Å². The molecule has 7 heteroatoms. The van der Waals surface area contributed by atoms with Crippen LogP contribution in [0.2, 0.25) is 0 Å². The van der Waals surface area contributed by atoms with Gasteiger partial charge in [0.15, 0.2) is 0 Å². The number of carboxylic acid groups (broad SMARTS) is 1. The molecule has 1 aliphatic rings. The second-order valence-electron chi connectivity index (χ2n) is 6.89. The van der Waals surface area contributed by atoms with Crippen molar-refractivity contribution in [3.8, 4) is 0 Å². The molecule has 7 nitrogen and oxygen atoms in total. The fraction of sp³-hybridized carbons (Fsp3) is 0.450. The fourth-order valence-corrected chi connectivity index (χ4v) is 3.46. The summed E-state index contributed by atoms with van der Waals surface area (Å²) in [6.45, 7) is 5.20. The van der Waals surface area contributed by atoms with E-state index in [0.29, 0.717) is 25.4 Å². The van der Waals surface area contributed by atoms with E-state index in [9.17, 15) is 9.59 Å². The largest absolute Gasteiger partial charge is 0.478 e. The number of ether oxygens (including phenoxy) is 1. The number of aromatic nitrogens is 2. The number of carbonyl (C=O) groups excluding carboxylic acids is 1. The minimum Gasteiger partial charge on any atom is -0.478 e. The van der Waals surface area contributed by atoms with Gasteiger partial charge in [0.1, 0.15) is 11.7 Å². The average molecular weight is 371 g/mol. The molecule has 2 heterocycles. The van der Waals surface area contributed by atoms with Gasteiger partial charge in [0.05, 0.1) is 24.5 Å². The van der Waals surface area contributed by atoms with E-state index in [2.05, 4.69) is 5.10 Å². The van der Waals surface area contributed by atoms with Crippen molar-refractivity contribution in [3.05, 3.63) is 53.3 Å². The molecule has 2 aromatic rings. The summed E-state index contributed by atoms with van der Waals surface area (Å²) in [7, 11) is 0. The summed E-state index contributed by atoms with van der Waals surface area (Å²) in [5, 5.41) is 13.4. The molecular formula is C20H25N3O4. The molecule has 1 N–H and O–H groups in total. The Kier molecular flexibility index (Phi) is 5.91. The zero-order valence-electron chi connectivity index (χ0n) is 15.7. The van der Waals surface area contributed by atoms with Crippen LogP contribution in [0.3, 0.4) is 0 Å². The molecule has 1 saturated heterocycles. The Morgan fingerprint density at radius 1 is 1.26 bits per heavy atom. The molecule has 0 spiro atoms. The van der Waals surface area contributed by atoms with E-state index in [1.54, 1.807) is 18.5 Å². The van der Waals surface area contributed by atoms with Crippen LogP contribution in [0.4, 0.5) is 0 Å². The smallest absolute Gasteiger partial charge is 0.339 e. The van der Waals surface area contributed by atoms with Crippen LogP contribution in [0, 0.1) is 6.92 Å². The molecule has 1 aromatic carbocycles. The third kappa shape index (κ3) is 4.36. The van der Waals surface area contributed by atoms with Crippen molar-refractivity contribution in [2.45, 2.75) is 45.4 Å². The number of benzene rings is 1. The molecule has 1 amide bonds. The number of carbonyl (C=O) groups is 2. The number of aromatic carboxylic acids is 1. The number of rotatable bonds is 6. The molecule has 1 aromatic heterocycles. The van der Waals surface area contributed by atoms with Crippen molar-refractivity contribution in [2.75, 3.05) is 13.1 Å². The first-order chi connectivity index (χ1) is 13.0. The van der Waals surface area contributed by atoms with Crippen molar-refractivity contribution < 1.29 is 19.4 Å². The molecule has 3 rings (SSSR count). The quantitative estimate of drug-likeness (QED) is 0.844. The highest BCUT2D eigenvalue weighted by Crippen LogP contribution is 2.25. The number of nitrogens with zero attached hydrogens (tertiary/aromatic N) is 3. The van der Waals surface area contributed by atoms with Gasteiger partial charge in [-0.3, -0.25) is 9.48 Å². The van der Waals surface area contributed by atoms with Crippen LogP contribution in [-0.2, 0) is 16.1 Å². The molecule has 1 fully saturated rings. The van der Waals surface area contributed by atoms with Gasteiger partial charge >= 0.3 is 5.97 Å². The standard InChI is InChI=1S/C20H25N3O4/c1-14-18(20(25)26)12-21-23(14)17-8-10-22(11-9-17)19(24)15(2)27-13-16-6-4-3-5-7-16/h3-7,12,15,17H,8-11,13H2,1-2H3,(H,25,26). The SMILES string of the molecule is Cc1c(C(=O)O)cnn1C1CCN(C(=O)C(C)OCc2ccccc2)CC1. The van der Waals surface area contributed by atoms with Crippen LogP contribution >= 0.6 is 0 Å². The van der Waals surface area contributed by atoms with E-state index in [4.69, 9.17) is 9.84 Å². The normalized spacial score (nSPS) is 16.3. The van der Waals surface area contributed by atoms with Gasteiger partial charge < -0.3 is 14.7 Å². The van der Waals surface area contributed by atoms with Crippen molar-refractivity contribution in [1.29, 1.82) is 0 Å². The third-order valence-electron chi connectivity index (χ3n) is 5.09. The van der Waals surface area contributed by atoms with Gasteiger partial charge in [0.2, 0.25) is 0 Å². The molecule has 27 heavy (non-hydrogen) atoms. The second-order valence-corrected chi connectivity index (χ2v) is 6.89. The molecule has 0 radical (unpaired) electrons. The molecule has 0 saturated carbocycles. The Morgan fingerprint density at radius 2 is 1.93 bits per heavy atom. The van der Waals surface area contributed by atoms with Crippen LogP contribution in [-0.4, -0.2) is 50.9 Å². The number of piperidine rings is 1. The zero-order chi connectivity index (χ0) is 19.4. The minimum absolute atomic E-state index is 0.00667. The van der Waals surface area contributed by atoms with Gasteiger partial charge in [-0.15, -0.1) is 0 Å². The first-order valence-corrected chi connectivity index (χ1v) is 9.19. The number of hydrogen-bond acceptors (Lipinski definition) is 4. The summed E-state index contributed by atoms with van der Waals surface area (Å²) in [6, 6.07) is 9.90. The van der Waals surface area contributed by atoms with Crippen LogP contribution < -0.4 is 0 Å². The first-order valence-electron chi connectivity index (χ1n) is 9.19. The van der Waals surface area contributed by atoms with E-state index < -0.39 is 12.1 Å². The number of carboxylic acids is 1. The van der Waals surface area contributed by atoms with E-state index >= 15 is 0 Å². The van der Waals surface area contributed by atoms with Gasteiger partial charge in [-0.25, -0.2) is 4.79 Å². The Bertz CT molecular complexity index is 795. The van der Waals surface area contributed by atoms with E-state index in [-0.39, 0.29) is 17.5 Å². The lowest BCUT2D eigenvalue weighted by atomic mass is 10.0. The molecule has 1 atom stereocenters. The molecule has 1 aliphatic heterocycles.